The van der Waals surface area contributed by atoms with E-state index in [9.17, 15) is 4.79 Å². The number of amides is 2. The molecule has 22 heavy (non-hydrogen) atoms. The van der Waals surface area contributed by atoms with Gasteiger partial charge in [-0.15, -0.1) is 0 Å². The van der Waals surface area contributed by atoms with Gasteiger partial charge in [0.1, 0.15) is 0 Å². The molecule has 0 aliphatic carbocycles. The second-order valence-corrected chi connectivity index (χ2v) is 5.32. The molecule has 0 spiro atoms. The van der Waals surface area contributed by atoms with Crippen molar-refractivity contribution in [2.75, 3.05) is 24.3 Å². The van der Waals surface area contributed by atoms with Crippen LogP contribution in [0, 0.1) is 13.8 Å². The molecule has 6 nitrogen and oxygen atoms in total. The lowest BCUT2D eigenvalue weighted by atomic mass is 10.2. The van der Waals surface area contributed by atoms with E-state index >= 15 is 0 Å². The maximum atomic E-state index is 12.0. The monoisotopic (exact) mass is 299 g/mol. The molecule has 0 saturated heterocycles. The highest BCUT2D eigenvalue weighted by molar-refractivity contribution is 5.89. The number of nitrogens with one attached hydrogen (secondary N) is 2. The van der Waals surface area contributed by atoms with Gasteiger partial charge in [-0.2, -0.15) is 0 Å². The van der Waals surface area contributed by atoms with E-state index < -0.39 is 0 Å². The number of anilines is 2. The standard InChI is InChI=1S/C16H21N5O/c1-11-7-5-6-8-14(11)20-16(22)17-10-13-9-12(2)18-15(19-13)21(3)4/h5-9H,10H2,1-4H3,(H2,17,20,22). The summed E-state index contributed by atoms with van der Waals surface area (Å²) in [6, 6.07) is 9.25. The minimum absolute atomic E-state index is 0.253. The summed E-state index contributed by atoms with van der Waals surface area (Å²) >= 11 is 0. The van der Waals surface area contributed by atoms with Crippen LogP contribution in [-0.2, 0) is 6.54 Å². The summed E-state index contributed by atoms with van der Waals surface area (Å²) in [6.07, 6.45) is 0. The number of hydrogen-bond donors (Lipinski definition) is 2. The third-order valence-corrected chi connectivity index (χ3v) is 3.12. The van der Waals surface area contributed by atoms with Gasteiger partial charge in [0, 0.05) is 25.5 Å². The van der Waals surface area contributed by atoms with Gasteiger partial charge < -0.3 is 15.5 Å². The molecule has 1 heterocycles. The number of carbonyl (C=O) groups is 1. The fourth-order valence-corrected chi connectivity index (χ4v) is 1.96. The molecular formula is C16H21N5O. The first kappa shape index (κ1) is 15.8. The zero-order valence-electron chi connectivity index (χ0n) is 13.3. The Morgan fingerprint density at radius 3 is 2.59 bits per heavy atom. The van der Waals surface area contributed by atoms with Crippen molar-refractivity contribution < 1.29 is 4.79 Å². The van der Waals surface area contributed by atoms with E-state index in [1.165, 1.54) is 0 Å². The summed E-state index contributed by atoms with van der Waals surface area (Å²) in [4.78, 5) is 22.5. The van der Waals surface area contributed by atoms with E-state index in [2.05, 4.69) is 20.6 Å². The van der Waals surface area contributed by atoms with E-state index in [-0.39, 0.29) is 6.03 Å². The Kier molecular flexibility index (Phi) is 4.93. The number of para-hydroxylation sites is 1. The number of rotatable bonds is 4. The van der Waals surface area contributed by atoms with E-state index in [1.807, 2.05) is 63.2 Å². The van der Waals surface area contributed by atoms with Crippen LogP contribution in [0.25, 0.3) is 0 Å². The SMILES string of the molecule is Cc1cc(CNC(=O)Nc2ccccc2C)nc(N(C)C)n1. The smallest absolute Gasteiger partial charge is 0.319 e. The van der Waals surface area contributed by atoms with Gasteiger partial charge in [0.05, 0.1) is 12.2 Å². The minimum Gasteiger partial charge on any atom is -0.347 e. The largest absolute Gasteiger partial charge is 0.347 e. The number of benzene rings is 1. The van der Waals surface area contributed by atoms with Gasteiger partial charge >= 0.3 is 6.03 Å². The number of urea groups is 1. The third-order valence-electron chi connectivity index (χ3n) is 3.12. The zero-order chi connectivity index (χ0) is 16.1. The summed E-state index contributed by atoms with van der Waals surface area (Å²) < 4.78 is 0. The average molecular weight is 299 g/mol. The van der Waals surface area contributed by atoms with Gasteiger partial charge in [-0.3, -0.25) is 0 Å². The average Bonchev–Trinajstić information content (AvgIpc) is 2.47. The van der Waals surface area contributed by atoms with Crippen LogP contribution >= 0.6 is 0 Å². The highest BCUT2D eigenvalue weighted by Crippen LogP contribution is 2.13. The van der Waals surface area contributed by atoms with Gasteiger partial charge in [-0.25, -0.2) is 14.8 Å². The van der Waals surface area contributed by atoms with Crippen molar-refractivity contribution in [2.45, 2.75) is 20.4 Å². The number of hydrogen-bond acceptors (Lipinski definition) is 4. The zero-order valence-corrected chi connectivity index (χ0v) is 13.3. The van der Waals surface area contributed by atoms with Gasteiger partial charge in [0.2, 0.25) is 5.95 Å². The maximum absolute atomic E-state index is 12.0. The van der Waals surface area contributed by atoms with Crippen molar-refractivity contribution >= 4 is 17.7 Å². The Morgan fingerprint density at radius 2 is 1.91 bits per heavy atom. The van der Waals surface area contributed by atoms with Crippen molar-refractivity contribution in [3.8, 4) is 0 Å². The lowest BCUT2D eigenvalue weighted by Gasteiger charge is -2.13. The summed E-state index contributed by atoms with van der Waals surface area (Å²) in [6.45, 7) is 4.21. The Labute approximate surface area is 130 Å². The van der Waals surface area contributed by atoms with E-state index in [4.69, 9.17) is 0 Å². The Bertz CT molecular complexity index is 669. The second-order valence-electron chi connectivity index (χ2n) is 5.32. The van der Waals surface area contributed by atoms with Crippen LogP contribution < -0.4 is 15.5 Å². The van der Waals surface area contributed by atoms with Crippen LogP contribution in [-0.4, -0.2) is 30.1 Å². The van der Waals surface area contributed by atoms with Crippen molar-refractivity contribution in [3.63, 3.8) is 0 Å². The number of aromatic nitrogens is 2. The predicted molar refractivity (Wildman–Crippen MR) is 88.1 cm³/mol. The van der Waals surface area contributed by atoms with Crippen LogP contribution in [0.1, 0.15) is 17.0 Å². The molecule has 6 heteroatoms. The van der Waals surface area contributed by atoms with Crippen molar-refractivity contribution in [2.24, 2.45) is 0 Å². The lowest BCUT2D eigenvalue weighted by Crippen LogP contribution is -2.29. The molecule has 0 bridgehead atoms. The molecule has 0 fully saturated rings. The number of nitrogens with zero attached hydrogens (tertiary/aromatic N) is 3. The molecule has 116 valence electrons. The molecule has 2 amide bonds. The van der Waals surface area contributed by atoms with Crippen molar-refractivity contribution in [1.82, 2.24) is 15.3 Å². The third kappa shape index (κ3) is 4.18. The number of aryl methyl sites for hydroxylation is 2. The summed E-state index contributed by atoms with van der Waals surface area (Å²) in [5.74, 6) is 0.635. The molecular weight excluding hydrogens is 278 g/mol. The molecule has 1 aromatic carbocycles. The van der Waals surface area contributed by atoms with Gasteiger partial charge in [-0.05, 0) is 31.5 Å². The van der Waals surface area contributed by atoms with Gasteiger partial charge in [-0.1, -0.05) is 18.2 Å². The van der Waals surface area contributed by atoms with Crippen LogP contribution in [0.15, 0.2) is 30.3 Å². The minimum atomic E-state index is -0.253. The van der Waals surface area contributed by atoms with Crippen molar-refractivity contribution in [3.05, 3.63) is 47.3 Å². The lowest BCUT2D eigenvalue weighted by molar-refractivity contribution is 0.251. The van der Waals surface area contributed by atoms with Crippen LogP contribution in [0.2, 0.25) is 0 Å². The Hall–Kier alpha value is -2.63. The predicted octanol–water partition coefficient (Wildman–Crippen LogP) is 2.48. The first-order valence-electron chi connectivity index (χ1n) is 7.08. The quantitative estimate of drug-likeness (QED) is 0.910. The van der Waals surface area contributed by atoms with Gasteiger partial charge in [0.15, 0.2) is 0 Å². The summed E-state index contributed by atoms with van der Waals surface area (Å²) in [5, 5.41) is 5.64. The molecule has 0 aliphatic rings. The Balaban J connectivity index is 1.98. The summed E-state index contributed by atoms with van der Waals surface area (Å²) in [5.41, 5.74) is 3.46. The normalized spacial score (nSPS) is 10.2. The fraction of sp³-hybridized carbons (Fsp3) is 0.312. The van der Waals surface area contributed by atoms with Crippen molar-refractivity contribution in [1.29, 1.82) is 0 Å². The second kappa shape index (κ2) is 6.89. The maximum Gasteiger partial charge on any atom is 0.319 e. The highest BCUT2D eigenvalue weighted by Gasteiger charge is 2.07. The first-order chi connectivity index (χ1) is 10.5. The van der Waals surface area contributed by atoms with E-state index in [0.717, 1.165) is 22.6 Å². The molecule has 0 atom stereocenters. The number of carbonyl (C=O) groups excluding carboxylic acids is 1. The fourth-order valence-electron chi connectivity index (χ4n) is 1.96. The molecule has 2 aromatic rings. The van der Waals surface area contributed by atoms with Crippen LogP contribution in [0.4, 0.5) is 16.4 Å². The topological polar surface area (TPSA) is 70.2 Å². The van der Waals surface area contributed by atoms with E-state index in [1.54, 1.807) is 0 Å². The summed E-state index contributed by atoms with van der Waals surface area (Å²) in [7, 11) is 3.77. The van der Waals surface area contributed by atoms with Crippen LogP contribution in [0.5, 0.6) is 0 Å². The molecule has 0 radical (unpaired) electrons. The highest BCUT2D eigenvalue weighted by atomic mass is 16.2. The molecule has 2 N–H and O–H groups in total. The molecule has 0 saturated carbocycles. The molecule has 0 aliphatic heterocycles. The first-order valence-corrected chi connectivity index (χ1v) is 7.08. The van der Waals surface area contributed by atoms with Gasteiger partial charge in [0.25, 0.3) is 0 Å². The Morgan fingerprint density at radius 1 is 1.18 bits per heavy atom. The molecule has 2 rings (SSSR count). The van der Waals surface area contributed by atoms with E-state index in [0.29, 0.717) is 12.5 Å². The molecule has 0 unspecified atom stereocenters. The molecule has 1 aromatic heterocycles. The van der Waals surface area contributed by atoms with Crippen LogP contribution in [0.3, 0.4) is 0 Å².